The van der Waals surface area contributed by atoms with E-state index >= 15 is 0 Å². The van der Waals surface area contributed by atoms with Crippen LogP contribution in [-0.2, 0) is 14.8 Å². The fourth-order valence-electron chi connectivity index (χ4n) is 2.99. The number of piperidine rings is 1. The van der Waals surface area contributed by atoms with Crippen LogP contribution in [0, 0.1) is 5.92 Å². The molecule has 0 aliphatic carbocycles. The first-order valence-electron chi connectivity index (χ1n) is 8.89. The van der Waals surface area contributed by atoms with Crippen molar-refractivity contribution in [1.82, 2.24) is 14.9 Å². The van der Waals surface area contributed by atoms with Gasteiger partial charge in [-0.1, -0.05) is 12.1 Å². The highest BCUT2D eigenvalue weighted by molar-refractivity contribution is 7.89. The maximum atomic E-state index is 12.7. The SMILES string of the molecule is CNCCCNC(=O)C1CCN(S(=O)(=O)c2ccc(C(C)=O)cc2)CC1.Cl. The molecule has 0 spiro atoms. The monoisotopic (exact) mass is 417 g/mol. The lowest BCUT2D eigenvalue weighted by atomic mass is 9.97. The third-order valence-corrected chi connectivity index (χ3v) is 6.54. The van der Waals surface area contributed by atoms with E-state index < -0.39 is 10.0 Å². The van der Waals surface area contributed by atoms with E-state index in [1.54, 1.807) is 0 Å². The molecule has 2 N–H and O–H groups in total. The van der Waals surface area contributed by atoms with E-state index in [0.29, 0.717) is 38.0 Å². The van der Waals surface area contributed by atoms with Crippen LogP contribution in [0.15, 0.2) is 29.2 Å². The Kier molecular flexibility index (Phi) is 9.38. The molecule has 7 nitrogen and oxygen atoms in total. The highest BCUT2D eigenvalue weighted by atomic mass is 35.5. The minimum atomic E-state index is -3.60. The number of nitrogens with one attached hydrogen (secondary N) is 2. The normalized spacial score (nSPS) is 15.8. The van der Waals surface area contributed by atoms with Crippen molar-refractivity contribution in [3.63, 3.8) is 0 Å². The Labute approximate surface area is 167 Å². The van der Waals surface area contributed by atoms with Gasteiger partial charge >= 0.3 is 0 Å². The summed E-state index contributed by atoms with van der Waals surface area (Å²) in [6.45, 7) is 3.56. The summed E-state index contributed by atoms with van der Waals surface area (Å²) in [6.07, 6.45) is 1.90. The van der Waals surface area contributed by atoms with E-state index in [4.69, 9.17) is 0 Å². The van der Waals surface area contributed by atoms with Crippen molar-refractivity contribution in [2.24, 2.45) is 5.92 Å². The Bertz CT molecular complexity index is 729. The van der Waals surface area contributed by atoms with Crippen LogP contribution in [0.5, 0.6) is 0 Å². The molecule has 0 unspecified atom stereocenters. The third-order valence-electron chi connectivity index (χ3n) is 4.63. The van der Waals surface area contributed by atoms with Gasteiger partial charge in [-0.3, -0.25) is 9.59 Å². The summed E-state index contributed by atoms with van der Waals surface area (Å²) in [7, 11) is -1.73. The molecule has 9 heteroatoms. The molecule has 1 aliphatic heterocycles. The van der Waals surface area contributed by atoms with Gasteiger partial charge in [-0.25, -0.2) is 8.42 Å². The second-order valence-electron chi connectivity index (χ2n) is 6.51. The maximum absolute atomic E-state index is 12.7. The average molecular weight is 418 g/mol. The molecule has 1 fully saturated rings. The number of hydrogen-bond acceptors (Lipinski definition) is 5. The molecule has 2 rings (SSSR count). The third kappa shape index (κ3) is 6.27. The smallest absolute Gasteiger partial charge is 0.243 e. The van der Waals surface area contributed by atoms with Crippen molar-refractivity contribution in [3.05, 3.63) is 29.8 Å². The molecule has 1 aromatic carbocycles. The van der Waals surface area contributed by atoms with Gasteiger partial charge in [-0.05, 0) is 51.9 Å². The van der Waals surface area contributed by atoms with Crippen LogP contribution in [0.4, 0.5) is 0 Å². The Morgan fingerprint density at radius 2 is 1.70 bits per heavy atom. The van der Waals surface area contributed by atoms with E-state index in [2.05, 4.69) is 10.6 Å². The summed E-state index contributed by atoms with van der Waals surface area (Å²) in [6, 6.07) is 5.99. The summed E-state index contributed by atoms with van der Waals surface area (Å²) in [5.74, 6) is -0.240. The lowest BCUT2D eigenvalue weighted by Crippen LogP contribution is -2.43. The van der Waals surface area contributed by atoms with Crippen molar-refractivity contribution in [2.75, 3.05) is 33.2 Å². The predicted octanol–water partition coefficient (Wildman–Crippen LogP) is 1.44. The second kappa shape index (κ2) is 10.8. The molecule has 0 saturated carbocycles. The van der Waals surface area contributed by atoms with Crippen molar-refractivity contribution >= 4 is 34.1 Å². The summed E-state index contributed by atoms with van der Waals surface area (Å²) in [5, 5.41) is 5.94. The average Bonchev–Trinajstić information content (AvgIpc) is 2.65. The number of carbonyl (C=O) groups excluding carboxylic acids is 2. The van der Waals surface area contributed by atoms with Crippen molar-refractivity contribution in [2.45, 2.75) is 31.1 Å². The van der Waals surface area contributed by atoms with E-state index in [-0.39, 0.29) is 34.9 Å². The van der Waals surface area contributed by atoms with Crippen LogP contribution in [0.1, 0.15) is 36.5 Å². The number of sulfonamides is 1. The molecule has 1 aromatic rings. The van der Waals surface area contributed by atoms with Gasteiger partial charge in [0.2, 0.25) is 15.9 Å². The van der Waals surface area contributed by atoms with Gasteiger partial charge in [-0.2, -0.15) is 4.31 Å². The predicted molar refractivity (Wildman–Crippen MR) is 107 cm³/mol. The van der Waals surface area contributed by atoms with Gasteiger partial charge in [0.25, 0.3) is 0 Å². The van der Waals surface area contributed by atoms with Crippen LogP contribution < -0.4 is 10.6 Å². The van der Waals surface area contributed by atoms with Gasteiger partial charge in [-0.15, -0.1) is 12.4 Å². The largest absolute Gasteiger partial charge is 0.356 e. The fourth-order valence-corrected chi connectivity index (χ4v) is 4.46. The second-order valence-corrected chi connectivity index (χ2v) is 8.44. The first kappa shape index (κ1) is 23.6. The topological polar surface area (TPSA) is 95.6 Å². The van der Waals surface area contributed by atoms with Crippen molar-refractivity contribution in [3.8, 4) is 0 Å². The van der Waals surface area contributed by atoms with Gasteiger partial charge in [0.05, 0.1) is 4.90 Å². The molecule has 1 heterocycles. The highest BCUT2D eigenvalue weighted by Gasteiger charge is 2.31. The molecule has 0 radical (unpaired) electrons. The van der Waals surface area contributed by atoms with E-state index in [1.165, 1.54) is 35.5 Å². The molecule has 0 bridgehead atoms. The Balaban J connectivity index is 0.00000364. The number of Topliss-reactive ketones (excluding diaryl/α,β-unsaturated/α-hetero) is 1. The molecular formula is C18H28ClN3O4S. The molecular weight excluding hydrogens is 390 g/mol. The number of amides is 1. The number of hydrogen-bond donors (Lipinski definition) is 2. The van der Waals surface area contributed by atoms with Gasteiger partial charge < -0.3 is 10.6 Å². The standard InChI is InChI=1S/C18H27N3O4S.ClH/c1-14(22)15-4-6-17(7-5-15)26(24,25)21-12-8-16(9-13-21)18(23)20-11-3-10-19-2;/h4-7,16,19H,3,8-13H2,1-2H3,(H,20,23);1H. The summed E-state index contributed by atoms with van der Waals surface area (Å²) in [5.41, 5.74) is 0.484. The van der Waals surface area contributed by atoms with Crippen molar-refractivity contribution in [1.29, 1.82) is 0 Å². The van der Waals surface area contributed by atoms with Crippen LogP contribution in [0.3, 0.4) is 0 Å². The van der Waals surface area contributed by atoms with E-state index in [9.17, 15) is 18.0 Å². The molecule has 1 saturated heterocycles. The van der Waals surface area contributed by atoms with Gasteiger partial charge in [0, 0.05) is 31.1 Å². The summed E-state index contributed by atoms with van der Waals surface area (Å²) >= 11 is 0. The minimum absolute atomic E-state index is 0. The lowest BCUT2D eigenvalue weighted by Gasteiger charge is -2.30. The zero-order chi connectivity index (χ0) is 19.2. The van der Waals surface area contributed by atoms with E-state index in [1.807, 2.05) is 7.05 Å². The highest BCUT2D eigenvalue weighted by Crippen LogP contribution is 2.24. The molecule has 27 heavy (non-hydrogen) atoms. The van der Waals surface area contributed by atoms with Gasteiger partial charge in [0.1, 0.15) is 0 Å². The van der Waals surface area contributed by atoms with E-state index in [0.717, 1.165) is 13.0 Å². The first-order valence-corrected chi connectivity index (χ1v) is 10.3. The molecule has 0 aromatic heterocycles. The zero-order valence-electron chi connectivity index (χ0n) is 15.7. The number of carbonyl (C=O) groups is 2. The minimum Gasteiger partial charge on any atom is -0.356 e. The lowest BCUT2D eigenvalue weighted by molar-refractivity contribution is -0.126. The number of benzene rings is 1. The van der Waals surface area contributed by atoms with Crippen LogP contribution >= 0.6 is 12.4 Å². The van der Waals surface area contributed by atoms with Gasteiger partial charge in [0.15, 0.2) is 5.78 Å². The first-order chi connectivity index (χ1) is 12.4. The molecule has 1 amide bonds. The number of nitrogens with zero attached hydrogens (tertiary/aromatic N) is 1. The van der Waals surface area contributed by atoms with Crippen LogP contribution in [-0.4, -0.2) is 57.6 Å². The quantitative estimate of drug-likeness (QED) is 0.493. The molecule has 0 atom stereocenters. The number of ketones is 1. The zero-order valence-corrected chi connectivity index (χ0v) is 17.4. The maximum Gasteiger partial charge on any atom is 0.243 e. The Hall–Kier alpha value is -1.48. The number of rotatable bonds is 8. The summed E-state index contributed by atoms with van der Waals surface area (Å²) in [4.78, 5) is 23.7. The summed E-state index contributed by atoms with van der Waals surface area (Å²) < 4.78 is 26.9. The van der Waals surface area contributed by atoms with Crippen LogP contribution in [0.25, 0.3) is 0 Å². The van der Waals surface area contributed by atoms with Crippen molar-refractivity contribution < 1.29 is 18.0 Å². The Morgan fingerprint density at radius 3 is 2.22 bits per heavy atom. The molecule has 152 valence electrons. The molecule has 1 aliphatic rings. The van der Waals surface area contributed by atoms with Crippen LogP contribution in [0.2, 0.25) is 0 Å². The Morgan fingerprint density at radius 1 is 1.11 bits per heavy atom. The fraction of sp³-hybridized carbons (Fsp3) is 0.556. The number of halogens is 1.